The van der Waals surface area contributed by atoms with Crippen LogP contribution in [0.5, 0.6) is 0 Å². The summed E-state index contributed by atoms with van der Waals surface area (Å²) in [5, 5.41) is 8.78. The van der Waals surface area contributed by atoms with E-state index in [0.717, 1.165) is 0 Å². The van der Waals surface area contributed by atoms with E-state index in [2.05, 4.69) is 4.98 Å². The summed E-state index contributed by atoms with van der Waals surface area (Å²) in [5.74, 6) is -1.14. The van der Waals surface area contributed by atoms with E-state index < -0.39 is 11.5 Å². The topological polar surface area (TPSA) is 70.2 Å². The van der Waals surface area contributed by atoms with Gasteiger partial charge in [0.2, 0.25) is 0 Å². The maximum atomic E-state index is 11.1. The number of carbonyl (C=O) groups is 1. The van der Waals surface area contributed by atoms with Gasteiger partial charge in [-0.05, 0) is 17.5 Å². The Morgan fingerprint density at radius 3 is 2.54 bits per heavy atom. The minimum atomic E-state index is -1.18. The van der Waals surface area contributed by atoms with Gasteiger partial charge < -0.3 is 10.1 Å². The number of hydrogen-bond donors (Lipinski definition) is 2. The average Bonchev–Trinajstić information content (AvgIpc) is 2.02. The Kier molecular flexibility index (Phi) is 2.51. The smallest absolute Gasteiger partial charge is 0.341 e. The van der Waals surface area contributed by atoms with Crippen LogP contribution in [0.2, 0.25) is 0 Å². The van der Waals surface area contributed by atoms with E-state index >= 15 is 0 Å². The highest BCUT2D eigenvalue weighted by atomic mass is 16.4. The summed E-state index contributed by atoms with van der Waals surface area (Å²) in [6, 6.07) is 1.62. The molecular formula is C9H11NO3. The van der Waals surface area contributed by atoms with Gasteiger partial charge in [0.15, 0.2) is 0 Å². The van der Waals surface area contributed by atoms with Gasteiger partial charge in [0, 0.05) is 6.20 Å². The zero-order chi connectivity index (χ0) is 10.0. The third-order valence-electron chi connectivity index (χ3n) is 1.83. The molecule has 2 N–H and O–H groups in total. The van der Waals surface area contributed by atoms with Crippen molar-refractivity contribution in [2.24, 2.45) is 0 Å². The van der Waals surface area contributed by atoms with Gasteiger partial charge in [0.25, 0.3) is 5.56 Å². The number of rotatable bonds is 2. The first-order valence-corrected chi connectivity index (χ1v) is 3.99. The maximum absolute atomic E-state index is 11.1. The van der Waals surface area contributed by atoms with Crippen molar-refractivity contribution < 1.29 is 9.90 Å². The van der Waals surface area contributed by atoms with Crippen LogP contribution in [0.15, 0.2) is 17.1 Å². The Morgan fingerprint density at radius 2 is 2.15 bits per heavy atom. The summed E-state index contributed by atoms with van der Waals surface area (Å²) >= 11 is 0. The highest BCUT2D eigenvalue weighted by Crippen LogP contribution is 2.15. The molecule has 0 spiro atoms. The molecule has 4 heteroatoms. The van der Waals surface area contributed by atoms with Gasteiger partial charge in [0.1, 0.15) is 5.56 Å². The van der Waals surface area contributed by atoms with Gasteiger partial charge in [-0.3, -0.25) is 4.79 Å². The Balaban J connectivity index is 3.43. The van der Waals surface area contributed by atoms with Crippen LogP contribution in [0.25, 0.3) is 0 Å². The Labute approximate surface area is 75.2 Å². The van der Waals surface area contributed by atoms with Crippen molar-refractivity contribution in [1.82, 2.24) is 4.98 Å². The molecule has 0 radical (unpaired) electrons. The van der Waals surface area contributed by atoms with Crippen molar-refractivity contribution in [3.05, 3.63) is 33.7 Å². The van der Waals surface area contributed by atoms with Crippen LogP contribution in [-0.4, -0.2) is 16.1 Å². The molecule has 0 fully saturated rings. The molecule has 0 amide bonds. The molecule has 1 aromatic heterocycles. The van der Waals surface area contributed by atoms with E-state index in [1.807, 2.05) is 13.8 Å². The summed E-state index contributed by atoms with van der Waals surface area (Å²) in [7, 11) is 0. The summed E-state index contributed by atoms with van der Waals surface area (Å²) in [6.07, 6.45) is 1.46. The van der Waals surface area contributed by atoms with E-state index in [1.54, 1.807) is 6.07 Å². The first-order valence-electron chi connectivity index (χ1n) is 3.99. The summed E-state index contributed by atoms with van der Waals surface area (Å²) < 4.78 is 0. The number of aromatic carboxylic acids is 1. The molecule has 0 bridgehead atoms. The lowest BCUT2D eigenvalue weighted by Crippen LogP contribution is -2.20. The molecule has 1 rings (SSSR count). The highest BCUT2D eigenvalue weighted by molar-refractivity contribution is 5.89. The Bertz CT molecular complexity index is 379. The van der Waals surface area contributed by atoms with Crippen LogP contribution < -0.4 is 5.56 Å². The van der Waals surface area contributed by atoms with Crippen LogP contribution in [0, 0.1) is 0 Å². The fourth-order valence-corrected chi connectivity index (χ4v) is 1.20. The SMILES string of the molecule is CC(C)c1cc[nH]c(=O)c1C(=O)O. The van der Waals surface area contributed by atoms with Crippen molar-refractivity contribution in [3.63, 3.8) is 0 Å². The number of hydrogen-bond acceptors (Lipinski definition) is 2. The molecule has 0 unspecified atom stereocenters. The van der Waals surface area contributed by atoms with Gasteiger partial charge in [-0.1, -0.05) is 13.8 Å². The summed E-state index contributed by atoms with van der Waals surface area (Å²) in [5.41, 5.74) is -0.132. The number of nitrogens with one attached hydrogen (secondary N) is 1. The minimum Gasteiger partial charge on any atom is -0.477 e. The quantitative estimate of drug-likeness (QED) is 0.720. The monoisotopic (exact) mass is 181 g/mol. The standard InChI is InChI=1S/C9H11NO3/c1-5(2)6-3-4-10-8(11)7(6)9(12)13/h3-5H,1-2H3,(H,10,11)(H,12,13). The van der Waals surface area contributed by atoms with Crippen LogP contribution in [0.1, 0.15) is 35.7 Å². The van der Waals surface area contributed by atoms with Crippen LogP contribution in [-0.2, 0) is 0 Å². The molecular weight excluding hydrogens is 170 g/mol. The normalized spacial score (nSPS) is 10.4. The van der Waals surface area contributed by atoms with Crippen LogP contribution in [0.4, 0.5) is 0 Å². The molecule has 0 aromatic carbocycles. The first kappa shape index (κ1) is 9.51. The van der Waals surface area contributed by atoms with Gasteiger partial charge >= 0.3 is 5.97 Å². The molecule has 1 aromatic rings. The van der Waals surface area contributed by atoms with Crippen LogP contribution in [0.3, 0.4) is 0 Å². The molecule has 0 aliphatic heterocycles. The lowest BCUT2D eigenvalue weighted by atomic mass is 9.99. The summed E-state index contributed by atoms with van der Waals surface area (Å²) in [6.45, 7) is 3.70. The highest BCUT2D eigenvalue weighted by Gasteiger charge is 2.15. The second-order valence-corrected chi connectivity index (χ2v) is 3.10. The maximum Gasteiger partial charge on any atom is 0.341 e. The number of carboxylic acids is 1. The predicted molar refractivity (Wildman–Crippen MR) is 48.1 cm³/mol. The Hall–Kier alpha value is -1.58. The van der Waals surface area contributed by atoms with Crippen LogP contribution >= 0.6 is 0 Å². The molecule has 0 aliphatic carbocycles. The fraction of sp³-hybridized carbons (Fsp3) is 0.333. The van der Waals surface area contributed by atoms with E-state index in [-0.39, 0.29) is 11.5 Å². The van der Waals surface area contributed by atoms with E-state index in [4.69, 9.17) is 5.11 Å². The van der Waals surface area contributed by atoms with Crippen molar-refractivity contribution in [3.8, 4) is 0 Å². The largest absolute Gasteiger partial charge is 0.477 e. The fourth-order valence-electron chi connectivity index (χ4n) is 1.20. The van der Waals surface area contributed by atoms with Gasteiger partial charge in [-0.25, -0.2) is 4.79 Å². The van der Waals surface area contributed by atoms with Gasteiger partial charge in [-0.15, -0.1) is 0 Å². The zero-order valence-electron chi connectivity index (χ0n) is 7.50. The lowest BCUT2D eigenvalue weighted by molar-refractivity contribution is 0.0693. The Morgan fingerprint density at radius 1 is 1.54 bits per heavy atom. The second-order valence-electron chi connectivity index (χ2n) is 3.10. The number of aromatic nitrogens is 1. The predicted octanol–water partition coefficient (Wildman–Crippen LogP) is 1.20. The molecule has 70 valence electrons. The van der Waals surface area contributed by atoms with Gasteiger partial charge in [0.05, 0.1) is 0 Å². The number of carboxylic acid groups (broad SMARTS) is 1. The molecule has 4 nitrogen and oxygen atoms in total. The van der Waals surface area contributed by atoms with Crippen molar-refractivity contribution >= 4 is 5.97 Å². The minimum absolute atomic E-state index is 0.0356. The molecule has 0 saturated heterocycles. The van der Waals surface area contributed by atoms with E-state index in [9.17, 15) is 9.59 Å². The van der Waals surface area contributed by atoms with E-state index in [1.165, 1.54) is 6.20 Å². The molecule has 0 aliphatic rings. The molecule has 13 heavy (non-hydrogen) atoms. The number of pyridine rings is 1. The van der Waals surface area contributed by atoms with Crippen molar-refractivity contribution in [2.45, 2.75) is 19.8 Å². The number of aromatic amines is 1. The zero-order valence-corrected chi connectivity index (χ0v) is 7.50. The van der Waals surface area contributed by atoms with Crippen molar-refractivity contribution in [2.75, 3.05) is 0 Å². The average molecular weight is 181 g/mol. The molecule has 0 saturated carbocycles. The second kappa shape index (κ2) is 3.43. The van der Waals surface area contributed by atoms with E-state index in [0.29, 0.717) is 5.56 Å². The third kappa shape index (κ3) is 1.77. The van der Waals surface area contributed by atoms with Gasteiger partial charge in [-0.2, -0.15) is 0 Å². The molecule has 0 atom stereocenters. The van der Waals surface area contributed by atoms with Crippen molar-refractivity contribution in [1.29, 1.82) is 0 Å². The number of H-pyrrole nitrogens is 1. The molecule has 1 heterocycles. The summed E-state index contributed by atoms with van der Waals surface area (Å²) in [4.78, 5) is 24.2. The third-order valence-corrected chi connectivity index (χ3v) is 1.83. The lowest BCUT2D eigenvalue weighted by Gasteiger charge is -2.07. The first-order chi connectivity index (χ1) is 6.04.